The van der Waals surface area contributed by atoms with Crippen molar-refractivity contribution < 1.29 is 15.0 Å². The van der Waals surface area contributed by atoms with Gasteiger partial charge in [-0.2, -0.15) is 0 Å². The second-order valence-electron chi connectivity index (χ2n) is 3.57. The van der Waals surface area contributed by atoms with Crippen LogP contribution in [0.3, 0.4) is 0 Å². The first kappa shape index (κ1) is 12.3. The van der Waals surface area contributed by atoms with Gasteiger partial charge in [0.05, 0.1) is 0 Å². The number of carboxylic acids is 1. The van der Waals surface area contributed by atoms with Crippen molar-refractivity contribution in [2.75, 3.05) is 0 Å². The molecule has 0 aromatic heterocycles. The molecule has 82 valence electrons. The fourth-order valence-corrected chi connectivity index (χ4v) is 1.59. The first-order chi connectivity index (χ1) is 6.98. The minimum absolute atomic E-state index is 0.179. The van der Waals surface area contributed by atoms with Crippen molar-refractivity contribution >= 4 is 28.8 Å². The summed E-state index contributed by atoms with van der Waals surface area (Å²) in [4.78, 5) is 11.0. The van der Waals surface area contributed by atoms with E-state index in [1.807, 2.05) is 22.9 Å². The summed E-state index contributed by atoms with van der Waals surface area (Å²) in [7, 11) is 0. The molecule has 1 aromatic carbocycles. The molecule has 5 heteroatoms. The van der Waals surface area contributed by atoms with E-state index in [9.17, 15) is 4.79 Å². The summed E-state index contributed by atoms with van der Waals surface area (Å²) in [5, 5.41) is 18.1. The molecule has 1 rings (SSSR count). The first-order valence-corrected chi connectivity index (χ1v) is 5.45. The second-order valence-corrected chi connectivity index (χ2v) is 4.11. The number of carbonyl (C=O) groups is 1. The lowest BCUT2D eigenvalue weighted by molar-refractivity contribution is -0.143. The van der Waals surface area contributed by atoms with Gasteiger partial charge in [0.25, 0.3) is 0 Å². The van der Waals surface area contributed by atoms with E-state index in [-0.39, 0.29) is 5.75 Å². The van der Waals surface area contributed by atoms with E-state index in [0.29, 0.717) is 6.42 Å². The van der Waals surface area contributed by atoms with Gasteiger partial charge in [-0.1, -0.05) is 12.1 Å². The number of halogens is 1. The number of rotatable bonds is 4. The van der Waals surface area contributed by atoms with Gasteiger partial charge in [-0.05, 0) is 24.6 Å². The van der Waals surface area contributed by atoms with Crippen LogP contribution in [0.4, 0.5) is 0 Å². The topological polar surface area (TPSA) is 69.6 Å². The third-order valence-electron chi connectivity index (χ3n) is 2.17. The summed E-state index contributed by atoms with van der Waals surface area (Å²) >= 11 is 1.83. The van der Waals surface area contributed by atoms with Crippen molar-refractivity contribution in [3.05, 3.63) is 29.8 Å². The van der Waals surface area contributed by atoms with Crippen LogP contribution in [0.15, 0.2) is 24.3 Å². The molecular weight excluding hydrogens is 309 g/mol. The van der Waals surface area contributed by atoms with Crippen molar-refractivity contribution in [1.82, 2.24) is 3.53 Å². The second kappa shape index (κ2) is 4.80. The van der Waals surface area contributed by atoms with Gasteiger partial charge in [0.15, 0.2) is 0 Å². The Kier molecular flexibility index (Phi) is 3.92. The van der Waals surface area contributed by atoms with Gasteiger partial charge in [0.2, 0.25) is 0 Å². The molecule has 1 aromatic rings. The quantitative estimate of drug-likeness (QED) is 0.583. The average Bonchev–Trinajstić information content (AvgIpc) is 2.21. The zero-order chi connectivity index (χ0) is 11.5. The lowest BCUT2D eigenvalue weighted by Crippen LogP contribution is -2.46. The Morgan fingerprint density at radius 3 is 2.40 bits per heavy atom. The van der Waals surface area contributed by atoms with Crippen LogP contribution in [0.5, 0.6) is 5.75 Å². The van der Waals surface area contributed by atoms with E-state index >= 15 is 0 Å². The number of hydrogen-bond acceptors (Lipinski definition) is 3. The fraction of sp³-hybridized carbons (Fsp3) is 0.300. The summed E-state index contributed by atoms with van der Waals surface area (Å²) < 4.78 is 2.75. The monoisotopic (exact) mass is 321 g/mol. The molecule has 0 saturated carbocycles. The molecule has 0 spiro atoms. The highest BCUT2D eigenvalue weighted by Gasteiger charge is 2.31. The number of nitrogens with one attached hydrogen (secondary N) is 1. The van der Waals surface area contributed by atoms with Crippen molar-refractivity contribution in [1.29, 1.82) is 0 Å². The van der Waals surface area contributed by atoms with Gasteiger partial charge >= 0.3 is 5.97 Å². The van der Waals surface area contributed by atoms with Crippen molar-refractivity contribution in [3.63, 3.8) is 0 Å². The van der Waals surface area contributed by atoms with Crippen molar-refractivity contribution in [2.45, 2.75) is 18.9 Å². The van der Waals surface area contributed by atoms with Crippen LogP contribution in [-0.2, 0) is 11.2 Å². The average molecular weight is 321 g/mol. The van der Waals surface area contributed by atoms with Crippen LogP contribution in [0.2, 0.25) is 0 Å². The molecule has 0 amide bonds. The van der Waals surface area contributed by atoms with E-state index < -0.39 is 11.5 Å². The maximum atomic E-state index is 11.0. The predicted molar refractivity (Wildman–Crippen MR) is 65.0 cm³/mol. The molecule has 0 aliphatic carbocycles. The minimum atomic E-state index is -0.989. The van der Waals surface area contributed by atoms with E-state index in [1.54, 1.807) is 31.2 Å². The van der Waals surface area contributed by atoms with Gasteiger partial charge in [0, 0.05) is 29.3 Å². The Morgan fingerprint density at radius 1 is 1.47 bits per heavy atom. The number of phenolic OH excluding ortho intramolecular Hbond substituents is 1. The molecule has 4 nitrogen and oxygen atoms in total. The highest BCUT2D eigenvalue weighted by molar-refractivity contribution is 14.1. The van der Waals surface area contributed by atoms with Gasteiger partial charge in [-0.3, -0.25) is 4.79 Å². The normalized spacial score (nSPS) is 14.5. The summed E-state index contributed by atoms with van der Waals surface area (Å²) in [5.74, 6) is -0.719. The van der Waals surface area contributed by atoms with Crippen molar-refractivity contribution in [3.8, 4) is 5.75 Å². The van der Waals surface area contributed by atoms with Gasteiger partial charge in [-0.15, -0.1) is 0 Å². The molecule has 0 bridgehead atoms. The zero-order valence-corrected chi connectivity index (χ0v) is 10.4. The van der Waals surface area contributed by atoms with Crippen LogP contribution in [0.1, 0.15) is 12.5 Å². The number of aromatic hydroxyl groups is 1. The molecule has 0 aliphatic rings. The molecule has 0 radical (unpaired) electrons. The molecule has 0 saturated heterocycles. The maximum absolute atomic E-state index is 11.0. The summed E-state index contributed by atoms with van der Waals surface area (Å²) in [6, 6.07) is 6.52. The molecule has 0 aliphatic heterocycles. The SMILES string of the molecule is CC(Cc1ccc(O)cc1)(NI)C(=O)O. The Hall–Kier alpha value is -0.820. The Labute approximate surface area is 102 Å². The van der Waals surface area contributed by atoms with Crippen LogP contribution in [0.25, 0.3) is 0 Å². The van der Waals surface area contributed by atoms with Crippen molar-refractivity contribution in [2.24, 2.45) is 0 Å². The third-order valence-corrected chi connectivity index (χ3v) is 3.37. The van der Waals surface area contributed by atoms with E-state index in [4.69, 9.17) is 10.2 Å². The zero-order valence-electron chi connectivity index (χ0n) is 8.20. The van der Waals surface area contributed by atoms with Crippen LogP contribution in [-0.4, -0.2) is 21.7 Å². The van der Waals surface area contributed by atoms with Crippen LogP contribution >= 0.6 is 22.9 Å². The third kappa shape index (κ3) is 3.07. The van der Waals surface area contributed by atoms with E-state index in [0.717, 1.165) is 5.56 Å². The largest absolute Gasteiger partial charge is 0.508 e. The Bertz CT molecular complexity index is 352. The number of aliphatic carboxylic acids is 1. The number of carboxylic acid groups (broad SMARTS) is 1. The van der Waals surface area contributed by atoms with E-state index in [1.165, 1.54) is 0 Å². The lowest BCUT2D eigenvalue weighted by atomic mass is 9.94. The van der Waals surface area contributed by atoms with Gasteiger partial charge in [0.1, 0.15) is 11.3 Å². The molecule has 1 atom stereocenters. The van der Waals surface area contributed by atoms with Crippen LogP contribution in [0, 0.1) is 0 Å². The molecule has 15 heavy (non-hydrogen) atoms. The predicted octanol–water partition coefficient (Wildman–Crippen LogP) is 1.72. The molecular formula is C10H12INO3. The number of benzene rings is 1. The molecule has 0 fully saturated rings. The van der Waals surface area contributed by atoms with Gasteiger partial charge < -0.3 is 10.2 Å². The lowest BCUT2D eigenvalue weighted by Gasteiger charge is -2.22. The number of hydrogen-bond donors (Lipinski definition) is 3. The fourth-order valence-electron chi connectivity index (χ4n) is 1.17. The summed E-state index contributed by atoms with van der Waals surface area (Å²) in [6.45, 7) is 1.62. The molecule has 1 unspecified atom stereocenters. The standard InChI is InChI=1S/C10H12INO3/c1-10(12-11,9(14)15)6-7-2-4-8(13)5-3-7/h2-5,12-13H,6H2,1H3,(H,14,15). The summed E-state index contributed by atoms with van der Waals surface area (Å²) in [6.07, 6.45) is 0.367. The smallest absolute Gasteiger partial charge is 0.324 e. The maximum Gasteiger partial charge on any atom is 0.324 e. The van der Waals surface area contributed by atoms with Crippen LogP contribution < -0.4 is 3.53 Å². The van der Waals surface area contributed by atoms with E-state index in [2.05, 4.69) is 3.53 Å². The molecule has 0 heterocycles. The van der Waals surface area contributed by atoms with Gasteiger partial charge in [-0.25, -0.2) is 3.53 Å². The minimum Gasteiger partial charge on any atom is -0.508 e. The highest BCUT2D eigenvalue weighted by atomic mass is 127. The summed E-state index contributed by atoms with van der Waals surface area (Å²) in [5.41, 5.74) is -0.126. The Balaban J connectivity index is 2.84. The highest BCUT2D eigenvalue weighted by Crippen LogP contribution is 2.17. The Morgan fingerprint density at radius 2 is 2.00 bits per heavy atom. The number of phenols is 1. The first-order valence-electron chi connectivity index (χ1n) is 4.37. The molecule has 3 N–H and O–H groups in total.